The van der Waals surface area contributed by atoms with Crippen LogP contribution in [-0.2, 0) is 9.53 Å². The number of hydrogen-bond acceptors (Lipinski definition) is 4. The van der Waals surface area contributed by atoms with Gasteiger partial charge < -0.3 is 9.64 Å². The molecule has 0 radical (unpaired) electrons. The first kappa shape index (κ1) is 21.8. The summed E-state index contributed by atoms with van der Waals surface area (Å²) in [4.78, 5) is 16.7. The number of rotatable bonds is 7. The Kier molecular flexibility index (Phi) is 7.17. The maximum atomic E-state index is 13.6. The van der Waals surface area contributed by atoms with Crippen LogP contribution in [0.3, 0.4) is 0 Å². The smallest absolute Gasteiger partial charge is 0.244 e. The largest absolute Gasteiger partial charge is 0.378 e. The third kappa shape index (κ3) is 5.24. The van der Waals surface area contributed by atoms with Gasteiger partial charge in [0.05, 0.1) is 19.3 Å². The molecule has 1 fully saturated rings. The summed E-state index contributed by atoms with van der Waals surface area (Å²) in [5.74, 6) is 0.594. The fraction of sp³-hybridized carbons (Fsp3) is 0.346. The number of hydrogen-bond donors (Lipinski definition) is 1. The number of carbonyl (C=O) groups excluding carboxylic acids is 1. The summed E-state index contributed by atoms with van der Waals surface area (Å²) in [5, 5.41) is 5.80. The van der Waals surface area contributed by atoms with E-state index < -0.39 is 6.04 Å². The van der Waals surface area contributed by atoms with Crippen molar-refractivity contribution in [2.45, 2.75) is 31.8 Å². The first-order chi connectivity index (χ1) is 15.1. The molecule has 162 valence electrons. The molecule has 31 heavy (non-hydrogen) atoms. The Balaban J connectivity index is 1.67. The minimum atomic E-state index is -0.420. The van der Waals surface area contributed by atoms with Crippen molar-refractivity contribution >= 4 is 17.2 Å². The number of carbonyl (C=O) groups is 1. The van der Waals surface area contributed by atoms with Crippen molar-refractivity contribution in [3.05, 3.63) is 93.7 Å². The minimum Gasteiger partial charge on any atom is -0.378 e. The van der Waals surface area contributed by atoms with Crippen molar-refractivity contribution in [1.82, 2.24) is 10.2 Å². The van der Waals surface area contributed by atoms with Gasteiger partial charge in [0.1, 0.15) is 6.04 Å². The first-order valence-corrected chi connectivity index (χ1v) is 11.8. The number of nitrogens with zero attached hydrogens (tertiary/aromatic N) is 1. The van der Waals surface area contributed by atoms with E-state index >= 15 is 0 Å². The van der Waals surface area contributed by atoms with Gasteiger partial charge in [0, 0.05) is 18.0 Å². The van der Waals surface area contributed by atoms with E-state index in [0.717, 1.165) is 5.56 Å². The van der Waals surface area contributed by atoms with E-state index in [2.05, 4.69) is 60.9 Å². The fourth-order valence-corrected chi connectivity index (χ4v) is 4.77. The minimum absolute atomic E-state index is 0.0589. The predicted molar refractivity (Wildman–Crippen MR) is 126 cm³/mol. The Morgan fingerprint density at radius 3 is 2.19 bits per heavy atom. The summed E-state index contributed by atoms with van der Waals surface area (Å²) in [5.41, 5.74) is 3.47. The summed E-state index contributed by atoms with van der Waals surface area (Å²) < 4.78 is 5.46. The predicted octanol–water partition coefficient (Wildman–Crippen LogP) is 5.15. The molecule has 2 aromatic carbocycles. The van der Waals surface area contributed by atoms with E-state index in [0.29, 0.717) is 32.2 Å². The van der Waals surface area contributed by atoms with Crippen molar-refractivity contribution < 1.29 is 9.53 Å². The average Bonchev–Trinajstić information content (AvgIpc) is 3.35. The van der Waals surface area contributed by atoms with Gasteiger partial charge in [0.25, 0.3) is 0 Å². The highest BCUT2D eigenvalue weighted by Crippen LogP contribution is 2.31. The summed E-state index contributed by atoms with van der Waals surface area (Å²) in [6.07, 6.45) is 0. The second-order valence-electron chi connectivity index (χ2n) is 8.22. The van der Waals surface area contributed by atoms with Gasteiger partial charge in [-0.15, -0.1) is 11.3 Å². The zero-order chi connectivity index (χ0) is 21.6. The Labute approximate surface area is 188 Å². The van der Waals surface area contributed by atoms with Crippen LogP contribution in [0.2, 0.25) is 0 Å². The van der Waals surface area contributed by atoms with Crippen molar-refractivity contribution in [2.24, 2.45) is 0 Å². The van der Waals surface area contributed by atoms with Crippen molar-refractivity contribution in [3.8, 4) is 0 Å². The van der Waals surface area contributed by atoms with Crippen molar-refractivity contribution in [1.29, 1.82) is 0 Å². The first-order valence-electron chi connectivity index (χ1n) is 10.9. The van der Waals surface area contributed by atoms with Gasteiger partial charge in [-0.1, -0.05) is 74.5 Å². The van der Waals surface area contributed by atoms with E-state index in [4.69, 9.17) is 4.74 Å². The molecule has 1 N–H and O–H groups in total. The van der Waals surface area contributed by atoms with E-state index in [1.165, 1.54) is 16.0 Å². The molecule has 0 bridgehead atoms. The standard InChI is InChI=1S/C26H30N2O2S/c1-19(2)20-10-12-22(13-11-20)24(23-9-6-18-31-23)27-25(21-7-4-3-5-8-21)26(29)28-14-16-30-17-15-28/h3-13,18-19,24-25,27H,14-17H2,1-2H3/t24-,25-/m1/s1. The van der Waals surface area contributed by atoms with Crippen molar-refractivity contribution in [3.63, 3.8) is 0 Å². The second kappa shape index (κ2) is 10.2. The van der Waals surface area contributed by atoms with Crippen molar-refractivity contribution in [2.75, 3.05) is 26.3 Å². The lowest BCUT2D eigenvalue weighted by Gasteiger charge is -2.33. The number of nitrogens with one attached hydrogen (secondary N) is 1. The number of benzene rings is 2. The zero-order valence-electron chi connectivity index (χ0n) is 18.2. The highest BCUT2D eigenvalue weighted by molar-refractivity contribution is 7.10. The van der Waals surface area contributed by atoms with Gasteiger partial charge in [-0.3, -0.25) is 10.1 Å². The number of thiophene rings is 1. The topological polar surface area (TPSA) is 41.6 Å². The number of morpholine rings is 1. The molecule has 1 amide bonds. The van der Waals surface area contributed by atoms with Crippen LogP contribution in [0.1, 0.15) is 53.4 Å². The molecular weight excluding hydrogens is 404 g/mol. The van der Waals surface area contributed by atoms with Gasteiger partial charge in [0.15, 0.2) is 0 Å². The molecule has 4 rings (SSSR count). The molecule has 0 saturated carbocycles. The lowest BCUT2D eigenvalue weighted by atomic mass is 9.96. The number of ether oxygens (including phenoxy) is 1. The molecule has 2 heterocycles. The van der Waals surface area contributed by atoms with E-state index in [1.807, 2.05) is 35.2 Å². The molecule has 1 saturated heterocycles. The Hall–Kier alpha value is -2.47. The lowest BCUT2D eigenvalue weighted by molar-refractivity contribution is -0.137. The maximum absolute atomic E-state index is 13.6. The Morgan fingerprint density at radius 1 is 0.903 bits per heavy atom. The van der Waals surface area contributed by atoms with Crippen LogP contribution in [0.15, 0.2) is 72.1 Å². The molecule has 0 aliphatic carbocycles. The van der Waals surface area contributed by atoms with Crippen LogP contribution < -0.4 is 5.32 Å². The summed E-state index contributed by atoms with van der Waals surface area (Å²) in [6, 6.07) is 22.5. The maximum Gasteiger partial charge on any atom is 0.244 e. The van der Waals surface area contributed by atoms with Crippen LogP contribution in [0.4, 0.5) is 0 Å². The quantitative estimate of drug-likeness (QED) is 0.559. The van der Waals surface area contributed by atoms with Crippen LogP contribution in [-0.4, -0.2) is 37.1 Å². The summed E-state index contributed by atoms with van der Waals surface area (Å²) >= 11 is 1.71. The summed E-state index contributed by atoms with van der Waals surface area (Å²) in [6.45, 7) is 6.87. The molecular formula is C26H30N2O2S. The van der Waals surface area contributed by atoms with Crippen LogP contribution >= 0.6 is 11.3 Å². The molecule has 1 aliphatic heterocycles. The van der Waals surface area contributed by atoms with E-state index in [-0.39, 0.29) is 11.9 Å². The van der Waals surface area contributed by atoms with Gasteiger partial charge >= 0.3 is 0 Å². The van der Waals surface area contributed by atoms with Gasteiger partial charge in [0.2, 0.25) is 5.91 Å². The average molecular weight is 435 g/mol. The molecule has 3 aromatic rings. The van der Waals surface area contributed by atoms with Crippen LogP contribution in [0.25, 0.3) is 0 Å². The normalized spacial score (nSPS) is 16.3. The molecule has 1 aromatic heterocycles. The molecule has 2 atom stereocenters. The Morgan fingerprint density at radius 2 is 1.58 bits per heavy atom. The fourth-order valence-electron chi connectivity index (χ4n) is 3.96. The summed E-state index contributed by atoms with van der Waals surface area (Å²) in [7, 11) is 0. The van der Waals surface area contributed by atoms with E-state index in [9.17, 15) is 4.79 Å². The lowest BCUT2D eigenvalue weighted by Crippen LogP contribution is -2.47. The van der Waals surface area contributed by atoms with Gasteiger partial charge in [-0.05, 0) is 34.1 Å². The molecule has 5 heteroatoms. The molecule has 1 aliphatic rings. The number of amides is 1. The molecule has 0 spiro atoms. The van der Waals surface area contributed by atoms with Crippen LogP contribution in [0.5, 0.6) is 0 Å². The monoisotopic (exact) mass is 434 g/mol. The SMILES string of the molecule is CC(C)c1ccc([C@@H](N[C@@H](C(=O)N2CCOCC2)c2ccccc2)c2cccs2)cc1. The van der Waals surface area contributed by atoms with Crippen LogP contribution in [0, 0.1) is 0 Å². The molecule has 0 unspecified atom stereocenters. The third-order valence-corrected chi connectivity index (χ3v) is 6.74. The molecule has 4 nitrogen and oxygen atoms in total. The highest BCUT2D eigenvalue weighted by Gasteiger charge is 2.30. The highest BCUT2D eigenvalue weighted by atomic mass is 32.1. The zero-order valence-corrected chi connectivity index (χ0v) is 19.0. The van der Waals surface area contributed by atoms with Gasteiger partial charge in [-0.2, -0.15) is 0 Å². The Bertz CT molecular complexity index is 949. The van der Waals surface area contributed by atoms with Gasteiger partial charge in [-0.25, -0.2) is 0 Å². The second-order valence-corrected chi connectivity index (χ2v) is 9.20. The third-order valence-electron chi connectivity index (χ3n) is 5.80. The van der Waals surface area contributed by atoms with E-state index in [1.54, 1.807) is 11.3 Å².